The van der Waals surface area contributed by atoms with Gasteiger partial charge in [-0.05, 0) is 66.2 Å². The maximum atomic E-state index is 13.0. The third kappa shape index (κ3) is 7.82. The van der Waals surface area contributed by atoms with E-state index in [1.807, 2.05) is 6.92 Å². The SMILES string of the molecule is CCCOC(=O)c1cc(NC(=O)CN2C(=O)S/C(=C\c3ccc(OS(=O)(=O)c4ccccc4[N+](=O)[O-])c(OC)c3)C2=O)ccc1Cl. The molecule has 3 aromatic carbocycles. The summed E-state index contributed by atoms with van der Waals surface area (Å²) in [7, 11) is -3.41. The molecule has 240 valence electrons. The van der Waals surface area contributed by atoms with Gasteiger partial charge < -0.3 is 19.0 Å². The molecule has 4 rings (SSSR count). The Morgan fingerprint density at radius 1 is 1.09 bits per heavy atom. The Balaban J connectivity index is 1.47. The second-order valence-corrected chi connectivity index (χ2v) is 12.2. The second kappa shape index (κ2) is 14.4. The average Bonchev–Trinajstić information content (AvgIpc) is 3.28. The van der Waals surface area contributed by atoms with Gasteiger partial charge in [-0.3, -0.25) is 29.4 Å². The smallest absolute Gasteiger partial charge is 0.346 e. The number of rotatable bonds is 12. The zero-order valence-electron chi connectivity index (χ0n) is 24.1. The van der Waals surface area contributed by atoms with Crippen LogP contribution in [0, 0.1) is 10.1 Å². The number of nitrogens with zero attached hydrogens (tertiary/aromatic N) is 2. The van der Waals surface area contributed by atoms with E-state index in [1.54, 1.807) is 0 Å². The number of methoxy groups -OCH3 is 1. The van der Waals surface area contributed by atoms with Gasteiger partial charge in [0.1, 0.15) is 6.54 Å². The molecule has 1 saturated heterocycles. The molecule has 14 nitrogen and oxygen atoms in total. The fourth-order valence-corrected chi connectivity index (χ4v) is 6.13. The van der Waals surface area contributed by atoms with Crippen LogP contribution in [0.25, 0.3) is 6.08 Å². The number of ether oxygens (including phenoxy) is 2. The zero-order chi connectivity index (χ0) is 33.6. The van der Waals surface area contributed by atoms with Crippen LogP contribution in [-0.2, 0) is 24.4 Å². The second-order valence-electron chi connectivity index (χ2n) is 9.32. The Kier molecular flexibility index (Phi) is 10.7. The molecule has 3 amide bonds. The fraction of sp³-hybridized carbons (Fsp3) is 0.172. The lowest BCUT2D eigenvalue weighted by atomic mass is 10.2. The summed E-state index contributed by atoms with van der Waals surface area (Å²) < 4.78 is 41.1. The molecule has 46 heavy (non-hydrogen) atoms. The van der Waals surface area contributed by atoms with Gasteiger partial charge in [-0.15, -0.1) is 0 Å². The Morgan fingerprint density at radius 2 is 1.83 bits per heavy atom. The van der Waals surface area contributed by atoms with E-state index in [-0.39, 0.29) is 39.3 Å². The molecule has 1 N–H and O–H groups in total. The van der Waals surface area contributed by atoms with Gasteiger partial charge in [0.05, 0.1) is 34.1 Å². The summed E-state index contributed by atoms with van der Waals surface area (Å²) in [6, 6.07) is 12.7. The number of thioether (sulfide) groups is 1. The van der Waals surface area contributed by atoms with E-state index in [0.29, 0.717) is 23.7 Å². The number of esters is 1. The minimum atomic E-state index is -4.64. The molecular weight excluding hydrogens is 666 g/mol. The summed E-state index contributed by atoms with van der Waals surface area (Å²) in [5.74, 6) is -2.52. The molecule has 17 heteroatoms. The molecule has 0 aromatic heterocycles. The van der Waals surface area contributed by atoms with E-state index in [0.717, 1.165) is 17.0 Å². The van der Waals surface area contributed by atoms with Gasteiger partial charge in [0, 0.05) is 11.8 Å². The zero-order valence-corrected chi connectivity index (χ0v) is 26.4. The first-order valence-electron chi connectivity index (χ1n) is 13.2. The van der Waals surface area contributed by atoms with E-state index < -0.39 is 55.2 Å². The summed E-state index contributed by atoms with van der Waals surface area (Å²) in [5, 5.41) is 13.2. The Bertz CT molecular complexity index is 1880. The summed E-state index contributed by atoms with van der Waals surface area (Å²) >= 11 is 6.66. The summed E-state index contributed by atoms with van der Waals surface area (Å²) in [5.41, 5.74) is -0.134. The lowest BCUT2D eigenvalue weighted by molar-refractivity contribution is -0.387. The molecule has 0 atom stereocenters. The third-order valence-corrected chi connectivity index (χ3v) is 8.62. The van der Waals surface area contributed by atoms with Crippen molar-refractivity contribution in [3.8, 4) is 11.5 Å². The predicted molar refractivity (Wildman–Crippen MR) is 167 cm³/mol. The molecule has 0 radical (unpaired) electrons. The number of nitro groups is 1. The highest BCUT2D eigenvalue weighted by atomic mass is 35.5. The summed E-state index contributed by atoms with van der Waals surface area (Å²) in [4.78, 5) is 61.1. The number of carbonyl (C=O) groups excluding carboxylic acids is 4. The van der Waals surface area contributed by atoms with Crippen LogP contribution in [0.2, 0.25) is 5.02 Å². The number of nitrogens with one attached hydrogen (secondary N) is 1. The number of hydrogen-bond donors (Lipinski definition) is 1. The highest BCUT2D eigenvalue weighted by Crippen LogP contribution is 2.36. The number of anilines is 1. The molecule has 1 fully saturated rings. The van der Waals surface area contributed by atoms with Crippen molar-refractivity contribution in [1.29, 1.82) is 0 Å². The van der Waals surface area contributed by atoms with Crippen molar-refractivity contribution < 1.29 is 46.2 Å². The maximum Gasteiger partial charge on any atom is 0.346 e. The fourth-order valence-electron chi connectivity index (χ4n) is 3.99. The minimum Gasteiger partial charge on any atom is -0.493 e. The van der Waals surface area contributed by atoms with E-state index in [4.69, 9.17) is 25.3 Å². The summed E-state index contributed by atoms with van der Waals surface area (Å²) in [6.45, 7) is 1.39. The van der Waals surface area contributed by atoms with Crippen molar-refractivity contribution in [2.24, 2.45) is 0 Å². The Hall–Kier alpha value is -4.93. The van der Waals surface area contributed by atoms with E-state index in [1.165, 1.54) is 61.7 Å². The van der Waals surface area contributed by atoms with E-state index in [9.17, 15) is 37.7 Å². The van der Waals surface area contributed by atoms with Gasteiger partial charge in [0.25, 0.3) is 16.8 Å². The first kappa shape index (κ1) is 34.0. The molecule has 0 saturated carbocycles. The van der Waals surface area contributed by atoms with Gasteiger partial charge in [0.2, 0.25) is 5.91 Å². The largest absolute Gasteiger partial charge is 0.493 e. The number of halogens is 1. The summed E-state index contributed by atoms with van der Waals surface area (Å²) in [6.07, 6.45) is 1.94. The monoisotopic (exact) mass is 689 g/mol. The molecule has 1 aliphatic heterocycles. The number of imide groups is 1. The van der Waals surface area contributed by atoms with Crippen molar-refractivity contribution >= 4 is 74.0 Å². The van der Waals surface area contributed by atoms with E-state index in [2.05, 4.69) is 5.32 Å². The van der Waals surface area contributed by atoms with Crippen molar-refractivity contribution in [2.45, 2.75) is 18.2 Å². The van der Waals surface area contributed by atoms with Gasteiger partial charge in [-0.1, -0.05) is 36.7 Å². The molecule has 3 aromatic rings. The highest BCUT2D eigenvalue weighted by molar-refractivity contribution is 8.18. The quantitative estimate of drug-likeness (QED) is 0.0854. The number of benzene rings is 3. The maximum absolute atomic E-state index is 13.0. The lowest BCUT2D eigenvalue weighted by Crippen LogP contribution is -2.36. The molecule has 0 bridgehead atoms. The van der Waals surface area contributed by atoms with E-state index >= 15 is 0 Å². The normalized spacial score (nSPS) is 13.9. The van der Waals surface area contributed by atoms with Crippen molar-refractivity contribution in [1.82, 2.24) is 4.90 Å². The predicted octanol–water partition coefficient (Wildman–Crippen LogP) is 5.27. The molecule has 0 aliphatic carbocycles. The number of hydrogen-bond acceptors (Lipinski definition) is 12. The number of carbonyl (C=O) groups is 4. The van der Waals surface area contributed by atoms with Crippen LogP contribution in [-0.4, -0.2) is 61.5 Å². The Morgan fingerprint density at radius 3 is 2.52 bits per heavy atom. The average molecular weight is 690 g/mol. The number of para-hydroxylation sites is 1. The van der Waals surface area contributed by atoms with Crippen LogP contribution in [0.4, 0.5) is 16.2 Å². The van der Waals surface area contributed by atoms with Crippen molar-refractivity contribution in [3.05, 3.63) is 91.8 Å². The number of amides is 3. The number of nitro benzene ring substituents is 1. The standard InChI is InChI=1S/C29H24ClN3O11S2/c1-3-12-43-28(36)19-15-18(9-10-20(19)30)31-26(34)16-32-27(35)24(45-29(32)37)14-17-8-11-22(23(13-17)42-2)44-46(40,41)25-7-5-4-6-21(25)33(38)39/h4-11,13-15H,3,12,16H2,1-2H3,(H,31,34)/b24-14-. The molecule has 1 aliphatic rings. The van der Waals surface area contributed by atoms with Crippen molar-refractivity contribution in [2.75, 3.05) is 25.6 Å². The minimum absolute atomic E-state index is 0.0338. The first-order chi connectivity index (χ1) is 21.8. The Labute approximate surface area is 271 Å². The van der Waals surface area contributed by atoms with Gasteiger partial charge >= 0.3 is 16.1 Å². The van der Waals surface area contributed by atoms with Gasteiger partial charge in [0.15, 0.2) is 16.4 Å². The molecule has 1 heterocycles. The van der Waals surface area contributed by atoms with Crippen LogP contribution in [0.1, 0.15) is 29.3 Å². The van der Waals surface area contributed by atoms with Crippen LogP contribution >= 0.6 is 23.4 Å². The van der Waals surface area contributed by atoms with Gasteiger partial charge in [-0.2, -0.15) is 8.42 Å². The van der Waals surface area contributed by atoms with Gasteiger partial charge in [-0.25, -0.2) is 4.79 Å². The van der Waals surface area contributed by atoms with Crippen LogP contribution in [0.15, 0.2) is 70.5 Å². The third-order valence-electron chi connectivity index (χ3n) is 6.10. The van der Waals surface area contributed by atoms with Crippen LogP contribution in [0.3, 0.4) is 0 Å². The highest BCUT2D eigenvalue weighted by Gasteiger charge is 2.36. The van der Waals surface area contributed by atoms with Crippen LogP contribution < -0.4 is 14.2 Å². The first-order valence-corrected chi connectivity index (χ1v) is 15.8. The molecule has 0 unspecified atom stereocenters. The molecule has 0 spiro atoms. The van der Waals surface area contributed by atoms with Crippen LogP contribution in [0.5, 0.6) is 11.5 Å². The lowest BCUT2D eigenvalue weighted by Gasteiger charge is -2.13. The molecular formula is C29H24ClN3O11S2. The topological polar surface area (TPSA) is 189 Å². The van der Waals surface area contributed by atoms with Crippen molar-refractivity contribution in [3.63, 3.8) is 0 Å².